The average Bonchev–Trinajstić information content (AvgIpc) is 3.17. The fourth-order valence-corrected chi connectivity index (χ4v) is 3.83. The van der Waals surface area contributed by atoms with E-state index in [1.54, 1.807) is 13.0 Å². The Kier molecular flexibility index (Phi) is 7.54. The van der Waals surface area contributed by atoms with E-state index in [0.717, 1.165) is 11.4 Å². The van der Waals surface area contributed by atoms with Gasteiger partial charge in [-0.25, -0.2) is 4.79 Å². The van der Waals surface area contributed by atoms with Crippen molar-refractivity contribution in [1.82, 2.24) is 25.4 Å². The number of imide groups is 1. The second kappa shape index (κ2) is 10.3. The molecule has 0 radical (unpaired) electrons. The quantitative estimate of drug-likeness (QED) is 0.519. The lowest BCUT2D eigenvalue weighted by Crippen LogP contribution is -2.41. The van der Waals surface area contributed by atoms with E-state index < -0.39 is 17.2 Å². The normalized spacial score (nSPS) is 11.6. The molecule has 10 heteroatoms. The number of urea groups is 1. The van der Waals surface area contributed by atoms with Crippen molar-refractivity contribution in [1.29, 1.82) is 0 Å². The Hall–Kier alpha value is -3.04. The van der Waals surface area contributed by atoms with E-state index in [1.165, 1.54) is 18.8 Å². The summed E-state index contributed by atoms with van der Waals surface area (Å²) in [6.45, 7) is 4.18. The Labute approximate surface area is 189 Å². The van der Waals surface area contributed by atoms with E-state index in [9.17, 15) is 9.59 Å². The van der Waals surface area contributed by atoms with Crippen LogP contribution in [0.1, 0.15) is 13.8 Å². The highest BCUT2D eigenvalue weighted by Crippen LogP contribution is 2.33. The highest BCUT2D eigenvalue weighted by Gasteiger charge is 2.23. The molecule has 1 aromatic heterocycles. The molecule has 2 N–H and O–H groups in total. The summed E-state index contributed by atoms with van der Waals surface area (Å²) >= 11 is 7.59. The van der Waals surface area contributed by atoms with Crippen LogP contribution in [0.4, 0.5) is 4.79 Å². The van der Waals surface area contributed by atoms with Gasteiger partial charge in [0.2, 0.25) is 5.91 Å². The minimum absolute atomic E-state index is 0.440. The number of ether oxygens (including phenoxy) is 1. The van der Waals surface area contributed by atoms with Crippen LogP contribution in [-0.2, 0) is 4.79 Å². The van der Waals surface area contributed by atoms with Gasteiger partial charge in [-0.1, -0.05) is 35.5 Å². The lowest BCUT2D eigenvalue weighted by atomic mass is 10.2. The molecular weight excluding hydrogens is 438 g/mol. The van der Waals surface area contributed by atoms with Crippen molar-refractivity contribution in [2.45, 2.75) is 24.3 Å². The number of nitrogens with zero attached hydrogens (tertiary/aromatic N) is 3. The maximum Gasteiger partial charge on any atom is 0.321 e. The highest BCUT2D eigenvalue weighted by atomic mass is 35.5. The molecule has 1 atom stereocenters. The lowest BCUT2D eigenvalue weighted by Gasteiger charge is -2.14. The van der Waals surface area contributed by atoms with Gasteiger partial charge in [-0.2, -0.15) is 0 Å². The molecule has 0 spiro atoms. The summed E-state index contributed by atoms with van der Waals surface area (Å²) in [5.74, 6) is 0.840. The van der Waals surface area contributed by atoms with Crippen LogP contribution in [0.3, 0.4) is 0 Å². The van der Waals surface area contributed by atoms with Crippen molar-refractivity contribution in [3.05, 3.63) is 53.6 Å². The number of rotatable bonds is 7. The van der Waals surface area contributed by atoms with Gasteiger partial charge in [0.25, 0.3) is 0 Å². The van der Waals surface area contributed by atoms with E-state index in [2.05, 4.69) is 20.8 Å². The van der Waals surface area contributed by atoms with Crippen molar-refractivity contribution < 1.29 is 14.3 Å². The van der Waals surface area contributed by atoms with E-state index >= 15 is 0 Å². The zero-order valence-corrected chi connectivity index (χ0v) is 18.8. The van der Waals surface area contributed by atoms with E-state index in [0.29, 0.717) is 28.2 Å². The van der Waals surface area contributed by atoms with Gasteiger partial charge in [0.15, 0.2) is 11.0 Å². The second-order valence-electron chi connectivity index (χ2n) is 6.38. The zero-order chi connectivity index (χ0) is 22.4. The number of carbonyl (C=O) groups is 2. The Balaban J connectivity index is 2.01. The topological polar surface area (TPSA) is 98.1 Å². The number of nitrogens with one attached hydrogen (secondary N) is 2. The van der Waals surface area contributed by atoms with Crippen molar-refractivity contribution in [2.24, 2.45) is 0 Å². The summed E-state index contributed by atoms with van der Waals surface area (Å²) in [7, 11) is 1.44. The number of thioether (sulfide) groups is 1. The molecule has 0 aliphatic rings. The van der Waals surface area contributed by atoms with Gasteiger partial charge in [0.05, 0.1) is 16.9 Å². The molecule has 162 valence electrons. The van der Waals surface area contributed by atoms with Crippen molar-refractivity contribution in [3.8, 4) is 22.8 Å². The minimum atomic E-state index is -0.595. The van der Waals surface area contributed by atoms with Crippen LogP contribution < -0.4 is 15.4 Å². The number of carbonyl (C=O) groups excluding carboxylic acids is 2. The monoisotopic (exact) mass is 459 g/mol. The number of hydrogen-bond donors (Lipinski definition) is 2. The van der Waals surface area contributed by atoms with Crippen LogP contribution in [0.2, 0.25) is 5.02 Å². The van der Waals surface area contributed by atoms with Gasteiger partial charge in [-0.3, -0.25) is 14.7 Å². The van der Waals surface area contributed by atoms with Gasteiger partial charge in [0.1, 0.15) is 5.75 Å². The Morgan fingerprint density at radius 3 is 2.52 bits per heavy atom. The SMILES string of the molecule is CCOc1ccc(-n2c(S[C@@H](C)C(=O)NC(=O)NC)nnc2-c2ccccc2Cl)cc1. The van der Waals surface area contributed by atoms with Crippen LogP contribution in [-0.4, -0.2) is 45.6 Å². The highest BCUT2D eigenvalue weighted by molar-refractivity contribution is 8.00. The molecule has 0 saturated heterocycles. The molecule has 0 aliphatic heterocycles. The van der Waals surface area contributed by atoms with Gasteiger partial charge in [0, 0.05) is 18.3 Å². The first-order valence-corrected chi connectivity index (χ1v) is 10.8. The summed E-state index contributed by atoms with van der Waals surface area (Å²) in [4.78, 5) is 23.8. The molecule has 0 aliphatic carbocycles. The summed E-state index contributed by atoms with van der Waals surface area (Å²) in [6.07, 6.45) is 0. The molecule has 0 fully saturated rings. The maximum atomic E-state index is 12.3. The molecule has 0 saturated carbocycles. The standard InChI is InChI=1S/C21H22ClN5O3S/c1-4-30-15-11-9-14(10-12-15)27-18(16-7-5-6-8-17(16)22)25-26-21(27)31-13(2)19(28)24-20(29)23-3/h5-13H,4H2,1-3H3,(H2,23,24,28,29)/t13-/m0/s1. The number of halogens is 1. The third kappa shape index (κ3) is 5.36. The van der Waals surface area contributed by atoms with Crippen molar-refractivity contribution in [3.63, 3.8) is 0 Å². The van der Waals surface area contributed by atoms with Gasteiger partial charge in [-0.05, 0) is 50.2 Å². The molecule has 3 rings (SSSR count). The summed E-state index contributed by atoms with van der Waals surface area (Å²) in [6, 6.07) is 14.2. The van der Waals surface area contributed by atoms with E-state index in [1.807, 2.05) is 54.0 Å². The number of aromatic nitrogens is 3. The first kappa shape index (κ1) is 22.6. The summed E-state index contributed by atoms with van der Waals surface area (Å²) in [5, 5.41) is 13.7. The fourth-order valence-electron chi connectivity index (χ4n) is 2.74. The van der Waals surface area contributed by atoms with Crippen molar-refractivity contribution in [2.75, 3.05) is 13.7 Å². The smallest absolute Gasteiger partial charge is 0.321 e. The molecule has 0 unspecified atom stereocenters. The third-order valence-electron chi connectivity index (χ3n) is 4.27. The van der Waals surface area contributed by atoms with Crippen LogP contribution in [0.25, 0.3) is 17.1 Å². The van der Waals surface area contributed by atoms with Crippen LogP contribution in [0.5, 0.6) is 5.75 Å². The van der Waals surface area contributed by atoms with Gasteiger partial charge >= 0.3 is 6.03 Å². The largest absolute Gasteiger partial charge is 0.494 e. The molecule has 8 nitrogen and oxygen atoms in total. The van der Waals surface area contributed by atoms with Crippen LogP contribution >= 0.6 is 23.4 Å². The first-order chi connectivity index (χ1) is 14.9. The number of amides is 3. The summed E-state index contributed by atoms with van der Waals surface area (Å²) < 4.78 is 7.35. The minimum Gasteiger partial charge on any atom is -0.494 e. The van der Waals surface area contributed by atoms with Crippen LogP contribution in [0, 0.1) is 0 Å². The second-order valence-corrected chi connectivity index (χ2v) is 8.09. The fraction of sp³-hybridized carbons (Fsp3) is 0.238. The molecule has 0 bridgehead atoms. The molecule has 3 amide bonds. The molecule has 2 aromatic carbocycles. The molecular formula is C21H22ClN5O3S. The predicted molar refractivity (Wildman–Crippen MR) is 121 cm³/mol. The predicted octanol–water partition coefficient (Wildman–Crippen LogP) is 3.92. The van der Waals surface area contributed by atoms with E-state index in [4.69, 9.17) is 16.3 Å². The number of hydrogen-bond acceptors (Lipinski definition) is 6. The average molecular weight is 460 g/mol. The Bertz CT molecular complexity index is 1070. The van der Waals surface area contributed by atoms with Gasteiger partial charge < -0.3 is 10.1 Å². The van der Waals surface area contributed by atoms with Crippen molar-refractivity contribution >= 4 is 35.3 Å². The Morgan fingerprint density at radius 2 is 1.87 bits per heavy atom. The first-order valence-electron chi connectivity index (χ1n) is 9.57. The zero-order valence-electron chi connectivity index (χ0n) is 17.3. The molecule has 31 heavy (non-hydrogen) atoms. The molecule has 1 heterocycles. The Morgan fingerprint density at radius 1 is 1.16 bits per heavy atom. The summed E-state index contributed by atoms with van der Waals surface area (Å²) in [5.41, 5.74) is 1.49. The lowest BCUT2D eigenvalue weighted by molar-refractivity contribution is -0.119. The van der Waals surface area contributed by atoms with Crippen LogP contribution in [0.15, 0.2) is 53.7 Å². The van der Waals surface area contributed by atoms with Gasteiger partial charge in [-0.15, -0.1) is 10.2 Å². The maximum absolute atomic E-state index is 12.3. The number of benzene rings is 2. The third-order valence-corrected chi connectivity index (χ3v) is 5.64. The molecule has 3 aromatic rings. The van der Waals surface area contributed by atoms with E-state index in [-0.39, 0.29) is 0 Å².